The Balaban J connectivity index is 1.60. The minimum absolute atomic E-state index is 0.0414. The quantitative estimate of drug-likeness (QED) is 0.107. The van der Waals surface area contributed by atoms with Crippen LogP contribution < -0.4 is 16.8 Å². The molecule has 9 N–H and O–H groups in total. The molecule has 1 heterocycles. The van der Waals surface area contributed by atoms with Gasteiger partial charge in [-0.15, -0.1) is 0 Å². The standard InChI is InChI=1S/C27H33N5O8/c1-31(2)20-13-8-11-7-12-14(28)9-15(30-16(33)10-32-5-3-4-6-32)21(34)18(12)22(35)17(11)24(37)27(13,40)25(38)19(23(20)36)26(29)39/h9,11,13,20,34-35,38,40H,3-8,10,28H2,1-2H3,(H2,29,39)(H,30,33)/t11-,13-,20-,27-/m0/s1. The summed E-state index contributed by atoms with van der Waals surface area (Å²) in [4.78, 5) is 55.2. The van der Waals surface area contributed by atoms with Crippen molar-refractivity contribution in [3.05, 3.63) is 34.1 Å². The average molecular weight is 556 g/mol. The van der Waals surface area contributed by atoms with Crippen molar-refractivity contribution in [2.75, 3.05) is 44.8 Å². The molecule has 0 unspecified atom stereocenters. The number of phenolic OH excluding ortho intramolecular Hbond substituents is 1. The Morgan fingerprint density at radius 1 is 1.18 bits per heavy atom. The van der Waals surface area contributed by atoms with E-state index in [0.717, 1.165) is 25.9 Å². The summed E-state index contributed by atoms with van der Waals surface area (Å²) in [7, 11) is 3.06. The number of aliphatic hydroxyl groups is 3. The van der Waals surface area contributed by atoms with E-state index in [-0.39, 0.29) is 47.8 Å². The number of ketones is 2. The number of aliphatic hydroxyl groups excluding tert-OH is 2. The molecule has 3 aliphatic carbocycles. The Morgan fingerprint density at radius 3 is 2.42 bits per heavy atom. The molecule has 1 saturated carbocycles. The van der Waals surface area contributed by atoms with E-state index >= 15 is 0 Å². The molecule has 5 rings (SSSR count). The van der Waals surface area contributed by atoms with Crippen molar-refractivity contribution in [1.82, 2.24) is 9.80 Å². The zero-order chi connectivity index (χ0) is 29.3. The zero-order valence-electron chi connectivity index (χ0n) is 22.2. The lowest BCUT2D eigenvalue weighted by atomic mass is 9.57. The van der Waals surface area contributed by atoms with Gasteiger partial charge in [0.1, 0.15) is 22.8 Å². The molecule has 1 aromatic rings. The van der Waals surface area contributed by atoms with Gasteiger partial charge in [-0.25, -0.2) is 0 Å². The largest absolute Gasteiger partial charge is 0.508 e. The first kappa shape index (κ1) is 27.6. The number of hydrogen-bond acceptors (Lipinski definition) is 11. The van der Waals surface area contributed by atoms with Crippen LogP contribution in [0.15, 0.2) is 23.0 Å². The maximum absolute atomic E-state index is 13.9. The van der Waals surface area contributed by atoms with Gasteiger partial charge in [0, 0.05) is 17.2 Å². The number of hydrogen-bond donors (Lipinski definition) is 7. The fourth-order valence-electron chi connectivity index (χ4n) is 6.77. The van der Waals surface area contributed by atoms with Crippen LogP contribution in [0.5, 0.6) is 5.75 Å². The summed E-state index contributed by atoms with van der Waals surface area (Å²) in [5.74, 6) is -7.88. The highest BCUT2D eigenvalue weighted by Gasteiger charge is 2.64. The van der Waals surface area contributed by atoms with Crippen LogP contribution in [0.1, 0.15) is 30.4 Å². The van der Waals surface area contributed by atoms with Crippen LogP contribution in [0.25, 0.3) is 5.76 Å². The SMILES string of the molecule is CN(C)[C@@H]1C(=O)C(C(N)=O)=C(O)[C@@]2(O)C(=O)C3=C(O)c4c(O)c(NC(=O)CN5CCCC5)cc(N)c4C[C@H]3C[C@@H]12. The third-order valence-electron chi connectivity index (χ3n) is 8.60. The van der Waals surface area contributed by atoms with E-state index < -0.39 is 63.8 Å². The molecule has 13 heteroatoms. The van der Waals surface area contributed by atoms with Crippen molar-refractivity contribution in [2.45, 2.75) is 37.3 Å². The van der Waals surface area contributed by atoms with Gasteiger partial charge in [0.15, 0.2) is 11.4 Å². The molecule has 2 fully saturated rings. The van der Waals surface area contributed by atoms with Crippen molar-refractivity contribution in [3.63, 3.8) is 0 Å². The predicted octanol–water partition coefficient (Wildman–Crippen LogP) is -0.419. The number of phenols is 1. The van der Waals surface area contributed by atoms with E-state index in [1.54, 1.807) is 0 Å². The van der Waals surface area contributed by atoms with Crippen molar-refractivity contribution >= 4 is 40.5 Å². The van der Waals surface area contributed by atoms with Crippen LogP contribution in [0.4, 0.5) is 11.4 Å². The van der Waals surface area contributed by atoms with Crippen LogP contribution in [-0.2, 0) is 25.6 Å². The minimum Gasteiger partial charge on any atom is -0.508 e. The number of Topliss-reactive ketones (excluding diaryl/α,β-unsaturated/α-hetero) is 2. The van der Waals surface area contributed by atoms with Gasteiger partial charge in [0.25, 0.3) is 5.91 Å². The normalized spacial score (nSPS) is 28.4. The number of amides is 2. The lowest BCUT2D eigenvalue weighted by molar-refractivity contribution is -0.153. The number of nitrogens with one attached hydrogen (secondary N) is 1. The highest BCUT2D eigenvalue weighted by Crippen LogP contribution is 2.54. The zero-order valence-corrected chi connectivity index (χ0v) is 22.2. The van der Waals surface area contributed by atoms with Gasteiger partial charge in [-0.1, -0.05) is 0 Å². The van der Waals surface area contributed by atoms with Gasteiger partial charge < -0.3 is 37.2 Å². The Labute approximate surface area is 229 Å². The van der Waals surface area contributed by atoms with Crippen LogP contribution in [0, 0.1) is 11.8 Å². The fourth-order valence-corrected chi connectivity index (χ4v) is 6.77. The molecule has 2 amide bonds. The fraction of sp³-hybridized carbons (Fsp3) is 0.481. The third-order valence-corrected chi connectivity index (χ3v) is 8.60. The van der Waals surface area contributed by atoms with Gasteiger partial charge in [-0.2, -0.15) is 0 Å². The van der Waals surface area contributed by atoms with E-state index in [4.69, 9.17) is 11.5 Å². The maximum atomic E-state index is 13.9. The predicted molar refractivity (Wildman–Crippen MR) is 143 cm³/mol. The summed E-state index contributed by atoms with van der Waals surface area (Å²) in [5, 5.41) is 47.7. The Bertz CT molecular complexity index is 1410. The number of nitrogen functional groups attached to an aromatic ring is 1. The van der Waals surface area contributed by atoms with E-state index in [1.165, 1.54) is 25.1 Å². The summed E-state index contributed by atoms with van der Waals surface area (Å²) in [5.41, 5.74) is 8.00. The molecule has 1 aromatic carbocycles. The van der Waals surface area contributed by atoms with Crippen LogP contribution in [0.2, 0.25) is 0 Å². The Kier molecular flexibility index (Phi) is 6.63. The summed E-state index contributed by atoms with van der Waals surface area (Å²) in [6, 6.07) is 0.215. The maximum Gasteiger partial charge on any atom is 0.255 e. The number of rotatable bonds is 5. The van der Waals surface area contributed by atoms with Gasteiger partial charge >= 0.3 is 0 Å². The second-order valence-corrected chi connectivity index (χ2v) is 11.2. The molecular weight excluding hydrogens is 522 g/mol. The summed E-state index contributed by atoms with van der Waals surface area (Å²) < 4.78 is 0. The second kappa shape index (κ2) is 9.61. The van der Waals surface area contributed by atoms with Crippen LogP contribution in [-0.4, -0.2) is 99.0 Å². The van der Waals surface area contributed by atoms with Gasteiger partial charge in [-0.3, -0.25) is 29.0 Å². The lowest BCUT2D eigenvalue weighted by Crippen LogP contribution is -2.65. The highest BCUT2D eigenvalue weighted by molar-refractivity contribution is 6.24. The molecule has 13 nitrogen and oxygen atoms in total. The molecule has 40 heavy (non-hydrogen) atoms. The number of carbonyl (C=O) groups is 4. The number of likely N-dealkylation sites (N-methyl/N-ethyl adjacent to an activating group) is 1. The molecule has 0 bridgehead atoms. The van der Waals surface area contributed by atoms with E-state index in [9.17, 15) is 39.6 Å². The van der Waals surface area contributed by atoms with Crippen molar-refractivity contribution in [2.24, 2.45) is 17.6 Å². The van der Waals surface area contributed by atoms with Crippen molar-refractivity contribution in [1.29, 1.82) is 0 Å². The monoisotopic (exact) mass is 555 g/mol. The average Bonchev–Trinajstić information content (AvgIpc) is 3.37. The van der Waals surface area contributed by atoms with Crippen LogP contribution >= 0.6 is 0 Å². The number of benzene rings is 1. The molecule has 0 aromatic heterocycles. The third kappa shape index (κ3) is 3.95. The van der Waals surface area contributed by atoms with E-state index in [2.05, 4.69) is 5.32 Å². The number of fused-ring (bicyclic) bond motifs is 3. The number of carbonyl (C=O) groups excluding carboxylic acids is 4. The van der Waals surface area contributed by atoms with Crippen molar-refractivity contribution in [3.8, 4) is 5.75 Å². The molecule has 1 saturated heterocycles. The van der Waals surface area contributed by atoms with Crippen LogP contribution in [0.3, 0.4) is 0 Å². The first-order valence-electron chi connectivity index (χ1n) is 13.1. The van der Waals surface area contributed by atoms with Gasteiger partial charge in [0.05, 0.1) is 23.8 Å². The molecule has 4 aliphatic rings. The van der Waals surface area contributed by atoms with Gasteiger partial charge in [-0.05, 0) is 70.4 Å². The second-order valence-electron chi connectivity index (χ2n) is 11.2. The first-order valence-corrected chi connectivity index (χ1v) is 13.1. The molecule has 0 radical (unpaired) electrons. The first-order chi connectivity index (χ1) is 18.8. The molecular formula is C27H33N5O8. The number of nitrogens with two attached hydrogens (primary N) is 2. The number of nitrogens with zero attached hydrogens (tertiary/aromatic N) is 2. The highest BCUT2D eigenvalue weighted by atomic mass is 16.3. The molecule has 1 aliphatic heterocycles. The van der Waals surface area contributed by atoms with Crippen molar-refractivity contribution < 1.29 is 39.6 Å². The Morgan fingerprint density at radius 2 is 1.82 bits per heavy atom. The summed E-state index contributed by atoms with van der Waals surface area (Å²) >= 11 is 0. The molecule has 0 spiro atoms. The lowest BCUT2D eigenvalue weighted by Gasteiger charge is -2.50. The number of likely N-dealkylation sites (tertiary alicyclic amines) is 1. The topological polar surface area (TPSA) is 220 Å². The molecule has 4 atom stereocenters. The smallest absolute Gasteiger partial charge is 0.255 e. The van der Waals surface area contributed by atoms with Gasteiger partial charge in [0.2, 0.25) is 11.7 Å². The van der Waals surface area contributed by atoms with E-state index in [1.807, 2.05) is 4.90 Å². The summed E-state index contributed by atoms with van der Waals surface area (Å²) in [6.07, 6.45) is 2.00. The summed E-state index contributed by atoms with van der Waals surface area (Å²) in [6.45, 7) is 1.67. The molecule has 214 valence electrons. The Hall–Kier alpha value is -3.94. The minimum atomic E-state index is -2.73. The number of aromatic hydroxyl groups is 1. The number of primary amides is 1. The van der Waals surface area contributed by atoms with E-state index in [0.29, 0.717) is 5.56 Å². The number of anilines is 2.